The lowest BCUT2D eigenvalue weighted by Gasteiger charge is -2.33. The Balaban J connectivity index is 1.37. The summed E-state index contributed by atoms with van der Waals surface area (Å²) in [5, 5.41) is 3.81. The van der Waals surface area contributed by atoms with Crippen LogP contribution in [0.15, 0.2) is 18.2 Å². The zero-order valence-electron chi connectivity index (χ0n) is 15.1. The van der Waals surface area contributed by atoms with Crippen LogP contribution in [-0.2, 0) is 0 Å². The molecule has 1 aromatic rings. The van der Waals surface area contributed by atoms with Crippen molar-refractivity contribution in [2.45, 2.75) is 31.8 Å². The van der Waals surface area contributed by atoms with Gasteiger partial charge in [-0.2, -0.15) is 0 Å². The Kier molecular flexibility index (Phi) is 5.41. The van der Waals surface area contributed by atoms with Crippen molar-refractivity contribution in [2.75, 3.05) is 45.9 Å². The van der Waals surface area contributed by atoms with E-state index in [1.807, 2.05) is 6.07 Å². The van der Waals surface area contributed by atoms with Crippen LogP contribution in [0, 0.1) is 5.92 Å². The average molecular weight is 346 g/mol. The molecule has 0 aromatic heterocycles. The zero-order chi connectivity index (χ0) is 17.1. The summed E-state index contributed by atoms with van der Waals surface area (Å²) < 4.78 is 11.4. The van der Waals surface area contributed by atoms with E-state index in [2.05, 4.69) is 40.1 Å². The van der Waals surface area contributed by atoms with Gasteiger partial charge in [0.1, 0.15) is 13.2 Å². The molecule has 3 heterocycles. The highest BCUT2D eigenvalue weighted by molar-refractivity contribution is 5.45. The first kappa shape index (κ1) is 17.1. The fourth-order valence-corrected chi connectivity index (χ4v) is 4.16. The lowest BCUT2D eigenvalue weighted by atomic mass is 9.94. The second kappa shape index (κ2) is 7.91. The van der Waals surface area contributed by atoms with Crippen LogP contribution in [0.5, 0.6) is 11.5 Å². The molecule has 138 valence electrons. The molecule has 0 radical (unpaired) electrons. The number of likely N-dealkylation sites (tertiary alicyclic amines) is 1. The molecule has 3 atom stereocenters. The molecule has 0 amide bonds. The molecule has 0 saturated carbocycles. The number of ether oxygens (including phenoxy) is 2. The number of rotatable bonds is 5. The molecule has 2 saturated heterocycles. The third-order valence-electron chi connectivity index (χ3n) is 5.64. The average Bonchev–Trinajstić information content (AvgIpc) is 3.15. The molecule has 4 rings (SSSR count). The quantitative estimate of drug-likeness (QED) is 0.747. The van der Waals surface area contributed by atoms with Crippen LogP contribution in [0.25, 0.3) is 0 Å². The van der Waals surface area contributed by atoms with Gasteiger partial charge in [0, 0.05) is 31.6 Å². The van der Waals surface area contributed by atoms with Gasteiger partial charge in [0.05, 0.1) is 6.04 Å². The highest BCUT2D eigenvalue weighted by Gasteiger charge is 2.30. The summed E-state index contributed by atoms with van der Waals surface area (Å²) in [5.41, 5.74) is 8.04. The first-order chi connectivity index (χ1) is 12.3. The van der Waals surface area contributed by atoms with E-state index in [1.54, 1.807) is 0 Å². The summed E-state index contributed by atoms with van der Waals surface area (Å²) >= 11 is 0. The molecule has 0 aliphatic carbocycles. The monoisotopic (exact) mass is 346 g/mol. The molecule has 0 bridgehead atoms. The molecule has 6 nitrogen and oxygen atoms in total. The van der Waals surface area contributed by atoms with Gasteiger partial charge in [-0.05, 0) is 43.6 Å². The Morgan fingerprint density at radius 3 is 3.00 bits per heavy atom. The highest BCUT2D eigenvalue weighted by Crippen LogP contribution is 2.35. The van der Waals surface area contributed by atoms with Gasteiger partial charge in [0.15, 0.2) is 11.5 Å². The summed E-state index contributed by atoms with van der Waals surface area (Å²) in [5.74, 6) is 2.26. The van der Waals surface area contributed by atoms with Crippen molar-refractivity contribution in [3.63, 3.8) is 0 Å². The zero-order valence-corrected chi connectivity index (χ0v) is 15.1. The molecule has 3 N–H and O–H groups in total. The Bertz CT molecular complexity index is 583. The number of hydrogen-bond donors (Lipinski definition) is 3. The van der Waals surface area contributed by atoms with Crippen molar-refractivity contribution in [2.24, 2.45) is 5.92 Å². The predicted molar refractivity (Wildman–Crippen MR) is 97.9 cm³/mol. The number of hydrazine groups is 1. The largest absolute Gasteiger partial charge is 0.486 e. The maximum atomic E-state index is 5.74. The van der Waals surface area contributed by atoms with Crippen LogP contribution in [0.4, 0.5) is 0 Å². The molecule has 6 heteroatoms. The minimum Gasteiger partial charge on any atom is -0.486 e. The van der Waals surface area contributed by atoms with Crippen LogP contribution in [0.3, 0.4) is 0 Å². The lowest BCUT2D eigenvalue weighted by molar-refractivity contribution is 0.171. The summed E-state index contributed by atoms with van der Waals surface area (Å²) in [6, 6.07) is 7.24. The Morgan fingerprint density at radius 2 is 2.12 bits per heavy atom. The fourth-order valence-electron chi connectivity index (χ4n) is 4.16. The standard InChI is InChI=1S/C19H30N4O2/c1-2-23-7-3-4-16(13-23)20-11-15-12-21-22-19(15)14-5-6-17-18(10-14)25-9-8-24-17/h5-6,10,15-16,19-22H,2-4,7-9,11-13H2,1H3. The molecule has 3 aliphatic rings. The second-order valence-corrected chi connectivity index (χ2v) is 7.31. The van der Waals surface area contributed by atoms with Crippen LogP contribution in [0.1, 0.15) is 31.4 Å². The number of piperidine rings is 1. The molecular formula is C19H30N4O2. The number of nitrogens with one attached hydrogen (secondary N) is 3. The number of likely N-dealkylation sites (N-methyl/N-ethyl adjacent to an activating group) is 1. The summed E-state index contributed by atoms with van der Waals surface area (Å²) in [7, 11) is 0. The van der Waals surface area contributed by atoms with Crippen molar-refractivity contribution >= 4 is 0 Å². The van der Waals surface area contributed by atoms with Crippen molar-refractivity contribution in [3.05, 3.63) is 23.8 Å². The Hall–Kier alpha value is -1.34. The topological polar surface area (TPSA) is 57.8 Å². The van der Waals surface area contributed by atoms with Crippen LogP contribution in [-0.4, -0.2) is 56.9 Å². The van der Waals surface area contributed by atoms with E-state index in [1.165, 1.54) is 31.5 Å². The highest BCUT2D eigenvalue weighted by atomic mass is 16.6. The van der Waals surface area contributed by atoms with Gasteiger partial charge < -0.3 is 19.7 Å². The van der Waals surface area contributed by atoms with Crippen LogP contribution >= 0.6 is 0 Å². The number of nitrogens with zero attached hydrogens (tertiary/aromatic N) is 1. The van der Waals surface area contributed by atoms with Crippen molar-refractivity contribution in [1.82, 2.24) is 21.1 Å². The molecular weight excluding hydrogens is 316 g/mol. The lowest BCUT2D eigenvalue weighted by Crippen LogP contribution is -2.47. The molecule has 2 fully saturated rings. The van der Waals surface area contributed by atoms with Crippen molar-refractivity contribution < 1.29 is 9.47 Å². The SMILES string of the molecule is CCN1CCCC(NCC2CNNC2c2ccc3c(c2)OCCO3)C1. The second-order valence-electron chi connectivity index (χ2n) is 7.31. The first-order valence-corrected chi connectivity index (χ1v) is 9.67. The van der Waals surface area contributed by atoms with Crippen molar-refractivity contribution in [1.29, 1.82) is 0 Å². The molecule has 3 aliphatic heterocycles. The van der Waals surface area contributed by atoms with Gasteiger partial charge in [-0.15, -0.1) is 0 Å². The smallest absolute Gasteiger partial charge is 0.161 e. The van der Waals surface area contributed by atoms with Gasteiger partial charge in [-0.25, -0.2) is 5.43 Å². The van der Waals surface area contributed by atoms with Gasteiger partial charge in [0.25, 0.3) is 0 Å². The minimum atomic E-state index is 0.300. The normalized spacial score (nSPS) is 29.7. The number of fused-ring (bicyclic) bond motifs is 1. The maximum Gasteiger partial charge on any atom is 0.161 e. The van der Waals surface area contributed by atoms with Gasteiger partial charge >= 0.3 is 0 Å². The van der Waals surface area contributed by atoms with Crippen LogP contribution < -0.4 is 25.6 Å². The van der Waals surface area contributed by atoms with E-state index in [9.17, 15) is 0 Å². The van der Waals surface area contributed by atoms with E-state index >= 15 is 0 Å². The number of benzene rings is 1. The Labute approximate surface area is 150 Å². The van der Waals surface area contributed by atoms with E-state index < -0.39 is 0 Å². The van der Waals surface area contributed by atoms with E-state index in [4.69, 9.17) is 9.47 Å². The number of hydrogen-bond acceptors (Lipinski definition) is 6. The summed E-state index contributed by atoms with van der Waals surface area (Å²) in [4.78, 5) is 2.55. The molecule has 3 unspecified atom stereocenters. The van der Waals surface area contributed by atoms with Gasteiger partial charge in [-0.3, -0.25) is 5.43 Å². The summed E-state index contributed by atoms with van der Waals surface area (Å²) in [6.07, 6.45) is 2.59. The third-order valence-corrected chi connectivity index (χ3v) is 5.64. The maximum absolute atomic E-state index is 5.74. The van der Waals surface area contributed by atoms with Gasteiger partial charge in [0.2, 0.25) is 0 Å². The minimum absolute atomic E-state index is 0.300. The third kappa shape index (κ3) is 3.92. The molecule has 1 aromatic carbocycles. The van der Waals surface area contributed by atoms with Crippen LogP contribution in [0.2, 0.25) is 0 Å². The van der Waals surface area contributed by atoms with E-state index in [0.29, 0.717) is 31.2 Å². The summed E-state index contributed by atoms with van der Waals surface area (Å²) in [6.45, 7) is 9.12. The predicted octanol–water partition coefficient (Wildman–Crippen LogP) is 1.30. The Morgan fingerprint density at radius 1 is 1.24 bits per heavy atom. The van der Waals surface area contributed by atoms with Crippen molar-refractivity contribution in [3.8, 4) is 11.5 Å². The molecule has 25 heavy (non-hydrogen) atoms. The fraction of sp³-hybridized carbons (Fsp3) is 0.684. The first-order valence-electron chi connectivity index (χ1n) is 9.67. The van der Waals surface area contributed by atoms with E-state index in [0.717, 1.165) is 31.1 Å². The van der Waals surface area contributed by atoms with Gasteiger partial charge in [-0.1, -0.05) is 13.0 Å². The van der Waals surface area contributed by atoms with E-state index in [-0.39, 0.29) is 0 Å². The molecule has 0 spiro atoms.